The highest BCUT2D eigenvalue weighted by Crippen LogP contribution is 2.82. The summed E-state index contributed by atoms with van der Waals surface area (Å²) in [5.41, 5.74) is 0. The van der Waals surface area contributed by atoms with E-state index < -0.39 is 65.2 Å². The highest BCUT2D eigenvalue weighted by atomic mass is 31.3. The Labute approximate surface area is 159 Å². The van der Waals surface area contributed by atoms with Crippen molar-refractivity contribution in [2.24, 2.45) is 22.6 Å². The molecule has 0 spiro atoms. The molecule has 4 unspecified atom stereocenters. The van der Waals surface area contributed by atoms with E-state index in [0.717, 1.165) is 0 Å². The van der Waals surface area contributed by atoms with E-state index in [1.807, 2.05) is 0 Å². The first-order valence-electron chi connectivity index (χ1n) is 7.73. The Morgan fingerprint density at radius 2 is 0.714 bits per heavy atom. The lowest BCUT2D eigenvalue weighted by atomic mass is 10.9. The summed E-state index contributed by atoms with van der Waals surface area (Å²) >= 11 is 0. The molecule has 1 heterocycles. The SMILES string of the molecule is CCOP1(F)=NP(F)(F)=NP(F)(OCC)=NP(F)(OCC)=NP(F)(OCC)=N1. The summed E-state index contributed by atoms with van der Waals surface area (Å²) in [7, 11) is -27.7. The zero-order valence-corrected chi connectivity index (χ0v) is 19.7. The molecular formula is C8H20F6N5O4P5. The van der Waals surface area contributed by atoms with Crippen LogP contribution in [0, 0.1) is 0 Å². The van der Waals surface area contributed by atoms with Gasteiger partial charge in [-0.2, -0.15) is 16.8 Å². The summed E-state index contributed by atoms with van der Waals surface area (Å²) in [5.74, 6) is 0. The minimum Gasteiger partial charge on any atom is -0.303 e. The van der Waals surface area contributed by atoms with E-state index in [-0.39, 0.29) is 0 Å². The molecule has 0 fully saturated rings. The highest BCUT2D eigenvalue weighted by molar-refractivity contribution is 7.78. The van der Waals surface area contributed by atoms with E-state index in [1.165, 1.54) is 27.7 Å². The molecule has 0 amide bonds. The lowest BCUT2D eigenvalue weighted by Gasteiger charge is -2.20. The monoisotopic (exact) mass is 519 g/mol. The molecule has 1 rings (SSSR count). The smallest absolute Gasteiger partial charge is 0.303 e. The first kappa shape index (κ1) is 26.6. The Kier molecular flexibility index (Phi) is 9.74. The Morgan fingerprint density at radius 1 is 0.464 bits per heavy atom. The summed E-state index contributed by atoms with van der Waals surface area (Å²) in [6, 6.07) is 0. The first-order valence-corrected chi connectivity index (χ1v) is 15.2. The van der Waals surface area contributed by atoms with Gasteiger partial charge >= 0.3 is 38.8 Å². The molecule has 0 bridgehead atoms. The van der Waals surface area contributed by atoms with Crippen LogP contribution >= 0.6 is 38.8 Å². The zero-order valence-electron chi connectivity index (χ0n) is 15.2. The van der Waals surface area contributed by atoms with Crippen LogP contribution in [0.1, 0.15) is 27.7 Å². The standard InChI is InChI=1S/C8H20F6N5O4P5/c1-5-20-25(11)15-24(9,10)16-26(12,21-6-2)18-28(14,23-8-4)19-27(13,17-25)22-7-3/h5-8H2,1-4H3. The van der Waals surface area contributed by atoms with Crippen molar-refractivity contribution in [3.05, 3.63) is 0 Å². The van der Waals surface area contributed by atoms with Crippen molar-refractivity contribution in [2.45, 2.75) is 27.7 Å². The molecule has 0 radical (unpaired) electrons. The molecule has 0 aliphatic carbocycles. The maximum absolute atomic E-state index is 15.1. The maximum Gasteiger partial charge on any atom is 0.425 e. The predicted molar refractivity (Wildman–Crippen MR) is 99.9 cm³/mol. The van der Waals surface area contributed by atoms with Crippen molar-refractivity contribution in [1.29, 1.82) is 0 Å². The van der Waals surface area contributed by atoms with Crippen molar-refractivity contribution < 1.29 is 43.3 Å². The van der Waals surface area contributed by atoms with Gasteiger partial charge in [0.05, 0.1) is 26.4 Å². The third kappa shape index (κ3) is 8.01. The number of nitrogens with zero attached hydrogens (tertiary/aromatic N) is 5. The summed E-state index contributed by atoms with van der Waals surface area (Å²) < 4.78 is 120. The quantitative estimate of drug-likeness (QED) is 0.235. The van der Waals surface area contributed by atoms with E-state index in [2.05, 4.69) is 40.7 Å². The lowest BCUT2D eigenvalue weighted by Crippen LogP contribution is -1.90. The second-order valence-electron chi connectivity index (χ2n) is 4.47. The van der Waals surface area contributed by atoms with Crippen molar-refractivity contribution in [2.75, 3.05) is 26.4 Å². The second kappa shape index (κ2) is 10.3. The fraction of sp³-hybridized carbons (Fsp3) is 1.00. The molecule has 0 aromatic heterocycles. The van der Waals surface area contributed by atoms with Crippen LogP contribution in [-0.2, 0) is 18.1 Å². The van der Waals surface area contributed by atoms with Gasteiger partial charge in [-0.25, -0.2) is 0 Å². The van der Waals surface area contributed by atoms with E-state index in [1.54, 1.807) is 0 Å². The third-order valence-electron chi connectivity index (χ3n) is 2.27. The van der Waals surface area contributed by atoms with Crippen LogP contribution in [0.5, 0.6) is 0 Å². The topological polar surface area (TPSA) is 98.7 Å². The van der Waals surface area contributed by atoms with Crippen LogP contribution in [-0.4, -0.2) is 26.4 Å². The van der Waals surface area contributed by atoms with Crippen LogP contribution in [0.15, 0.2) is 22.6 Å². The van der Waals surface area contributed by atoms with Crippen LogP contribution in [0.4, 0.5) is 25.2 Å². The van der Waals surface area contributed by atoms with Gasteiger partial charge in [0.1, 0.15) is 0 Å². The maximum atomic E-state index is 15.1. The second-order valence-corrected chi connectivity index (χ2v) is 13.8. The molecule has 1 aliphatic rings. The molecule has 4 atom stereocenters. The Bertz CT molecular complexity index is 828. The average Bonchev–Trinajstić information content (AvgIpc) is 2.43. The molecule has 0 aromatic carbocycles. The molecule has 0 saturated heterocycles. The molecule has 1 aliphatic heterocycles. The van der Waals surface area contributed by atoms with Gasteiger partial charge in [0, 0.05) is 0 Å². The Hall–Kier alpha value is 0.570. The molecule has 0 aromatic rings. The van der Waals surface area contributed by atoms with Gasteiger partial charge in [0.2, 0.25) is 0 Å². The fourth-order valence-corrected chi connectivity index (χ4v) is 12.3. The average molecular weight is 519 g/mol. The van der Waals surface area contributed by atoms with Crippen LogP contribution in [0.2, 0.25) is 0 Å². The molecule has 9 nitrogen and oxygen atoms in total. The van der Waals surface area contributed by atoms with Gasteiger partial charge in [-0.05, 0) is 27.7 Å². The van der Waals surface area contributed by atoms with Gasteiger partial charge in [-0.3, -0.25) is 0 Å². The summed E-state index contributed by atoms with van der Waals surface area (Å²) in [4.78, 5) is 0. The number of hydrogen-bond acceptors (Lipinski definition) is 9. The van der Waals surface area contributed by atoms with E-state index in [4.69, 9.17) is 0 Å². The molecule has 0 saturated carbocycles. The molecular weight excluding hydrogens is 499 g/mol. The summed E-state index contributed by atoms with van der Waals surface area (Å²) in [6.07, 6.45) is 0. The van der Waals surface area contributed by atoms with Crippen molar-refractivity contribution >= 4 is 38.8 Å². The Balaban J connectivity index is 4.13. The third-order valence-corrected chi connectivity index (χ3v) is 13.4. The van der Waals surface area contributed by atoms with E-state index in [0.29, 0.717) is 0 Å². The van der Waals surface area contributed by atoms with Gasteiger partial charge in [-0.15, -0.1) is 31.0 Å². The number of halogens is 6. The van der Waals surface area contributed by atoms with Gasteiger partial charge in [0.15, 0.2) is 0 Å². The van der Waals surface area contributed by atoms with E-state index >= 15 is 8.39 Å². The van der Waals surface area contributed by atoms with Crippen LogP contribution in [0.25, 0.3) is 0 Å². The lowest BCUT2D eigenvalue weighted by molar-refractivity contribution is 0.331. The normalized spacial score (nSPS) is 38.2. The van der Waals surface area contributed by atoms with E-state index in [9.17, 15) is 16.8 Å². The molecule has 20 heteroatoms. The minimum atomic E-state index is -6.20. The van der Waals surface area contributed by atoms with Gasteiger partial charge in [-0.1, -0.05) is 0 Å². The van der Waals surface area contributed by atoms with Crippen LogP contribution < -0.4 is 0 Å². The molecule has 168 valence electrons. The number of rotatable bonds is 8. The van der Waals surface area contributed by atoms with Crippen molar-refractivity contribution in [3.63, 3.8) is 0 Å². The van der Waals surface area contributed by atoms with Crippen LogP contribution in [0.3, 0.4) is 0 Å². The molecule has 28 heavy (non-hydrogen) atoms. The molecule has 0 N–H and O–H groups in total. The van der Waals surface area contributed by atoms with Gasteiger partial charge < -0.3 is 18.1 Å². The summed E-state index contributed by atoms with van der Waals surface area (Å²) in [5, 5.41) is 0. The Morgan fingerprint density at radius 3 is 1.00 bits per heavy atom. The first-order chi connectivity index (χ1) is 12.8. The highest BCUT2D eigenvalue weighted by Gasteiger charge is 2.41. The fourth-order valence-electron chi connectivity index (χ4n) is 1.63. The van der Waals surface area contributed by atoms with Crippen molar-refractivity contribution in [3.8, 4) is 0 Å². The zero-order chi connectivity index (χ0) is 21.7. The predicted octanol–water partition coefficient (Wildman–Crippen LogP) is 9.69. The largest absolute Gasteiger partial charge is 0.425 e. The summed E-state index contributed by atoms with van der Waals surface area (Å²) in [6.45, 7) is 2.79. The van der Waals surface area contributed by atoms with Gasteiger partial charge in [0.25, 0.3) is 0 Å². The number of hydrogen-bond donors (Lipinski definition) is 0. The minimum absolute atomic E-state index is 0.493. The van der Waals surface area contributed by atoms with Crippen molar-refractivity contribution in [1.82, 2.24) is 0 Å².